The Balaban J connectivity index is 1.27. The molecule has 0 aliphatic carbocycles. The van der Waals surface area contributed by atoms with Gasteiger partial charge < -0.3 is 30.3 Å². The van der Waals surface area contributed by atoms with Crippen molar-refractivity contribution in [3.05, 3.63) is 54.1 Å². The van der Waals surface area contributed by atoms with E-state index in [9.17, 15) is 9.59 Å². The zero-order valence-corrected chi connectivity index (χ0v) is 18.1. The van der Waals surface area contributed by atoms with Crippen LogP contribution in [0.15, 0.2) is 48.5 Å². The van der Waals surface area contributed by atoms with E-state index in [1.54, 1.807) is 12.1 Å². The fourth-order valence-electron chi connectivity index (χ4n) is 3.90. The largest absolute Gasteiger partial charge is 0.378 e. The van der Waals surface area contributed by atoms with E-state index in [0.717, 1.165) is 57.1 Å². The number of nitrogens with zero attached hydrogens (tertiary/aromatic N) is 1. The van der Waals surface area contributed by atoms with Crippen molar-refractivity contribution in [3.8, 4) is 0 Å². The third-order valence-electron chi connectivity index (χ3n) is 5.65. The van der Waals surface area contributed by atoms with Crippen molar-refractivity contribution in [1.29, 1.82) is 0 Å². The standard InChI is InChI=1S/C24H30N4O4/c29-23(27-18-7-9-19(10-8-18)28-11-14-31-15-12-28)17-25-22-6-2-1-5-21(22)24(30)26-16-20-4-3-13-32-20/h1-2,5-10,20,25H,3-4,11-17H2,(H,26,30)(H,27,29)/t20-/m1/s1. The van der Waals surface area contributed by atoms with E-state index in [2.05, 4.69) is 20.9 Å². The normalized spacial score (nSPS) is 18.2. The summed E-state index contributed by atoms with van der Waals surface area (Å²) in [4.78, 5) is 27.3. The lowest BCUT2D eigenvalue weighted by molar-refractivity contribution is -0.114. The molecule has 8 heteroatoms. The molecule has 2 amide bonds. The van der Waals surface area contributed by atoms with Gasteiger partial charge in [-0.15, -0.1) is 0 Å². The fraction of sp³-hybridized carbons (Fsp3) is 0.417. The number of carbonyl (C=O) groups is 2. The summed E-state index contributed by atoms with van der Waals surface area (Å²) >= 11 is 0. The van der Waals surface area contributed by atoms with Gasteiger partial charge in [-0.3, -0.25) is 9.59 Å². The lowest BCUT2D eigenvalue weighted by atomic mass is 10.1. The van der Waals surface area contributed by atoms with E-state index < -0.39 is 0 Å². The van der Waals surface area contributed by atoms with Crippen LogP contribution in [0.5, 0.6) is 0 Å². The minimum absolute atomic E-state index is 0.0568. The Morgan fingerprint density at radius 3 is 2.53 bits per heavy atom. The molecule has 8 nitrogen and oxygen atoms in total. The number of hydrogen-bond acceptors (Lipinski definition) is 6. The highest BCUT2D eigenvalue weighted by Gasteiger charge is 2.18. The molecule has 2 heterocycles. The summed E-state index contributed by atoms with van der Waals surface area (Å²) in [6.45, 7) is 4.52. The van der Waals surface area contributed by atoms with Gasteiger partial charge in [0.25, 0.3) is 5.91 Å². The summed E-state index contributed by atoms with van der Waals surface area (Å²) in [5.41, 5.74) is 2.98. The SMILES string of the molecule is O=C(CNc1ccccc1C(=O)NC[C@H]1CCCO1)Nc1ccc(N2CCOCC2)cc1. The summed E-state index contributed by atoms with van der Waals surface area (Å²) in [7, 11) is 0. The predicted octanol–water partition coefficient (Wildman–Crippen LogP) is 2.48. The highest BCUT2D eigenvalue weighted by atomic mass is 16.5. The lowest BCUT2D eigenvalue weighted by Crippen LogP contribution is -2.36. The van der Waals surface area contributed by atoms with Crippen LogP contribution in [-0.2, 0) is 14.3 Å². The maximum atomic E-state index is 12.6. The van der Waals surface area contributed by atoms with Gasteiger partial charge >= 0.3 is 0 Å². The van der Waals surface area contributed by atoms with Gasteiger partial charge in [0.2, 0.25) is 5.91 Å². The summed E-state index contributed by atoms with van der Waals surface area (Å²) in [6, 6.07) is 15.0. The highest BCUT2D eigenvalue weighted by Crippen LogP contribution is 2.19. The van der Waals surface area contributed by atoms with Crippen LogP contribution in [-0.4, -0.2) is 63.9 Å². The number of hydrogen-bond donors (Lipinski definition) is 3. The number of morpholine rings is 1. The van der Waals surface area contributed by atoms with Gasteiger partial charge in [0, 0.05) is 43.3 Å². The number of nitrogens with one attached hydrogen (secondary N) is 3. The smallest absolute Gasteiger partial charge is 0.253 e. The molecule has 0 bridgehead atoms. The maximum Gasteiger partial charge on any atom is 0.253 e. The third-order valence-corrected chi connectivity index (χ3v) is 5.65. The van der Waals surface area contributed by atoms with Crippen LogP contribution in [0.1, 0.15) is 23.2 Å². The second-order valence-corrected chi connectivity index (χ2v) is 7.94. The Bertz CT molecular complexity index is 906. The first kappa shape index (κ1) is 22.1. The number of anilines is 3. The van der Waals surface area contributed by atoms with Crippen molar-refractivity contribution in [2.24, 2.45) is 0 Å². The van der Waals surface area contributed by atoms with Crippen LogP contribution in [0.25, 0.3) is 0 Å². The van der Waals surface area contributed by atoms with Crippen LogP contribution in [0.2, 0.25) is 0 Å². The van der Waals surface area contributed by atoms with E-state index in [-0.39, 0.29) is 24.5 Å². The monoisotopic (exact) mass is 438 g/mol. The van der Waals surface area contributed by atoms with Crippen molar-refractivity contribution in [2.75, 3.05) is 61.5 Å². The second kappa shape index (κ2) is 11.0. The van der Waals surface area contributed by atoms with E-state index in [4.69, 9.17) is 9.47 Å². The van der Waals surface area contributed by atoms with E-state index >= 15 is 0 Å². The lowest BCUT2D eigenvalue weighted by Gasteiger charge is -2.28. The molecule has 170 valence electrons. The highest BCUT2D eigenvalue weighted by molar-refractivity contribution is 6.01. The van der Waals surface area contributed by atoms with Crippen molar-refractivity contribution in [3.63, 3.8) is 0 Å². The van der Waals surface area contributed by atoms with E-state index in [0.29, 0.717) is 17.8 Å². The average molecular weight is 439 g/mol. The number of para-hydroxylation sites is 1. The van der Waals surface area contributed by atoms with Crippen LogP contribution in [0, 0.1) is 0 Å². The summed E-state index contributed by atoms with van der Waals surface area (Å²) in [5, 5.41) is 8.90. The maximum absolute atomic E-state index is 12.6. The molecule has 1 atom stereocenters. The molecule has 0 radical (unpaired) electrons. The van der Waals surface area contributed by atoms with Crippen LogP contribution < -0.4 is 20.9 Å². The first-order valence-corrected chi connectivity index (χ1v) is 11.1. The summed E-state index contributed by atoms with van der Waals surface area (Å²) in [5.74, 6) is -0.360. The molecule has 2 fully saturated rings. The van der Waals surface area contributed by atoms with Gasteiger partial charge in [0.15, 0.2) is 0 Å². The van der Waals surface area contributed by atoms with Crippen molar-refractivity contribution in [2.45, 2.75) is 18.9 Å². The average Bonchev–Trinajstić information content (AvgIpc) is 3.36. The van der Waals surface area contributed by atoms with Crippen LogP contribution in [0.4, 0.5) is 17.1 Å². The van der Waals surface area contributed by atoms with Crippen molar-refractivity contribution >= 4 is 28.9 Å². The molecule has 2 aliphatic heterocycles. The Hall–Kier alpha value is -3.10. The molecule has 32 heavy (non-hydrogen) atoms. The zero-order valence-electron chi connectivity index (χ0n) is 18.1. The van der Waals surface area contributed by atoms with Crippen molar-refractivity contribution in [1.82, 2.24) is 5.32 Å². The summed E-state index contributed by atoms with van der Waals surface area (Å²) < 4.78 is 10.9. The first-order chi connectivity index (χ1) is 15.7. The molecule has 0 spiro atoms. The molecule has 0 aromatic heterocycles. The molecule has 4 rings (SSSR count). The number of amides is 2. The molecular formula is C24H30N4O4. The molecule has 0 unspecified atom stereocenters. The Morgan fingerprint density at radius 2 is 1.78 bits per heavy atom. The van der Waals surface area contributed by atoms with Gasteiger partial charge in [-0.25, -0.2) is 0 Å². The Morgan fingerprint density at radius 1 is 1.00 bits per heavy atom. The van der Waals surface area contributed by atoms with Gasteiger partial charge in [-0.05, 0) is 49.2 Å². The Kier molecular flexibility index (Phi) is 7.58. The minimum Gasteiger partial charge on any atom is -0.378 e. The van der Waals surface area contributed by atoms with Gasteiger partial charge in [-0.1, -0.05) is 12.1 Å². The van der Waals surface area contributed by atoms with Crippen LogP contribution in [0.3, 0.4) is 0 Å². The molecule has 3 N–H and O–H groups in total. The molecule has 2 saturated heterocycles. The Labute approximate surface area is 188 Å². The first-order valence-electron chi connectivity index (χ1n) is 11.1. The van der Waals surface area contributed by atoms with E-state index in [1.807, 2.05) is 36.4 Å². The molecular weight excluding hydrogens is 408 g/mol. The second-order valence-electron chi connectivity index (χ2n) is 7.94. The number of carbonyl (C=O) groups excluding carboxylic acids is 2. The van der Waals surface area contributed by atoms with Gasteiger partial charge in [-0.2, -0.15) is 0 Å². The van der Waals surface area contributed by atoms with E-state index in [1.165, 1.54) is 0 Å². The predicted molar refractivity (Wildman–Crippen MR) is 124 cm³/mol. The molecule has 0 saturated carbocycles. The van der Waals surface area contributed by atoms with Gasteiger partial charge in [0.05, 0.1) is 31.4 Å². The van der Waals surface area contributed by atoms with Gasteiger partial charge in [0.1, 0.15) is 0 Å². The van der Waals surface area contributed by atoms with Crippen molar-refractivity contribution < 1.29 is 19.1 Å². The quantitative estimate of drug-likeness (QED) is 0.587. The third kappa shape index (κ3) is 5.99. The molecule has 2 aromatic carbocycles. The zero-order chi connectivity index (χ0) is 22.2. The molecule has 2 aromatic rings. The topological polar surface area (TPSA) is 91.9 Å². The fourth-order valence-corrected chi connectivity index (χ4v) is 3.90. The summed E-state index contributed by atoms with van der Waals surface area (Å²) in [6.07, 6.45) is 2.08. The van der Waals surface area contributed by atoms with Crippen LogP contribution >= 0.6 is 0 Å². The minimum atomic E-state index is -0.182. The number of ether oxygens (including phenoxy) is 2. The molecule has 2 aliphatic rings. The number of rotatable bonds is 8. The number of benzene rings is 2.